The van der Waals surface area contributed by atoms with Crippen LogP contribution in [0.3, 0.4) is 0 Å². The Morgan fingerprint density at radius 1 is 1.04 bits per heavy atom. The minimum absolute atomic E-state index is 0.0341. The molecule has 0 aliphatic heterocycles. The summed E-state index contributed by atoms with van der Waals surface area (Å²) in [6, 6.07) is 17.5. The fraction of sp³-hybridized carbons (Fsp3) is 0.263. The molecule has 5 heteroatoms. The molecule has 2 aromatic carbocycles. The molecule has 0 radical (unpaired) electrons. The number of benzene rings is 2. The van der Waals surface area contributed by atoms with E-state index in [4.69, 9.17) is 12.2 Å². The van der Waals surface area contributed by atoms with E-state index in [1.165, 1.54) is 0 Å². The second kappa shape index (κ2) is 9.03. The fourth-order valence-electron chi connectivity index (χ4n) is 2.38. The first-order valence-corrected chi connectivity index (χ1v) is 8.53. The van der Waals surface area contributed by atoms with Gasteiger partial charge < -0.3 is 15.5 Å². The van der Waals surface area contributed by atoms with Gasteiger partial charge in [0, 0.05) is 30.9 Å². The first kappa shape index (κ1) is 17.9. The van der Waals surface area contributed by atoms with Crippen LogP contribution >= 0.6 is 12.2 Å². The summed E-state index contributed by atoms with van der Waals surface area (Å²) in [6.07, 6.45) is 0. The molecule has 0 aliphatic carbocycles. The first-order valence-electron chi connectivity index (χ1n) is 8.12. The highest BCUT2D eigenvalue weighted by atomic mass is 32.1. The molecule has 0 aliphatic rings. The Labute approximate surface area is 148 Å². The third-order valence-electron chi connectivity index (χ3n) is 3.71. The van der Waals surface area contributed by atoms with Crippen molar-refractivity contribution in [3.8, 4) is 0 Å². The molecule has 0 atom stereocenters. The number of nitrogens with one attached hydrogen (secondary N) is 2. The summed E-state index contributed by atoms with van der Waals surface area (Å²) in [6.45, 7) is 6.01. The van der Waals surface area contributed by atoms with E-state index in [0.717, 1.165) is 11.3 Å². The van der Waals surface area contributed by atoms with Crippen molar-refractivity contribution >= 4 is 28.9 Å². The van der Waals surface area contributed by atoms with Crippen LogP contribution < -0.4 is 10.6 Å². The van der Waals surface area contributed by atoms with Crippen LogP contribution in [0.25, 0.3) is 0 Å². The van der Waals surface area contributed by atoms with Gasteiger partial charge in [0.05, 0.1) is 0 Å². The third-order valence-corrected chi connectivity index (χ3v) is 3.96. The third kappa shape index (κ3) is 5.06. The van der Waals surface area contributed by atoms with E-state index in [1.54, 1.807) is 4.90 Å². The van der Waals surface area contributed by atoms with E-state index in [-0.39, 0.29) is 5.91 Å². The lowest BCUT2D eigenvalue weighted by molar-refractivity contribution is 0.0773. The predicted molar refractivity (Wildman–Crippen MR) is 103 cm³/mol. The van der Waals surface area contributed by atoms with Crippen LogP contribution in [0.2, 0.25) is 0 Å². The normalized spacial score (nSPS) is 10.1. The second-order valence-corrected chi connectivity index (χ2v) is 5.76. The minimum atomic E-state index is 0.0341. The highest BCUT2D eigenvalue weighted by molar-refractivity contribution is 7.80. The topological polar surface area (TPSA) is 44.4 Å². The maximum atomic E-state index is 12.4. The highest BCUT2D eigenvalue weighted by Gasteiger charge is 2.12. The maximum Gasteiger partial charge on any atom is 0.253 e. The van der Waals surface area contributed by atoms with Gasteiger partial charge in [-0.1, -0.05) is 36.4 Å². The number of amides is 1. The molecule has 0 saturated heterocycles. The number of thiocarbonyl (C=S) groups is 1. The second-order valence-electron chi connectivity index (χ2n) is 5.35. The first-order chi connectivity index (χ1) is 11.6. The van der Waals surface area contributed by atoms with Gasteiger partial charge in [0.1, 0.15) is 0 Å². The van der Waals surface area contributed by atoms with Crippen molar-refractivity contribution < 1.29 is 4.79 Å². The van der Waals surface area contributed by atoms with Crippen molar-refractivity contribution in [3.05, 3.63) is 65.7 Å². The molecule has 1 amide bonds. The lowest BCUT2D eigenvalue weighted by Crippen LogP contribution is -2.31. The standard InChI is InChI=1S/C19H23N3OS/c1-3-22(4-2)18(23)16-11-8-12-17(13-16)21-19(24)20-14-15-9-6-5-7-10-15/h5-13H,3-4,14H2,1-2H3,(H2,20,21,24). The molecule has 0 fully saturated rings. The van der Waals surface area contributed by atoms with E-state index in [1.807, 2.05) is 68.4 Å². The highest BCUT2D eigenvalue weighted by Crippen LogP contribution is 2.13. The van der Waals surface area contributed by atoms with Crippen molar-refractivity contribution in [1.82, 2.24) is 10.2 Å². The molecule has 0 unspecified atom stereocenters. The number of carbonyl (C=O) groups excluding carboxylic acids is 1. The van der Waals surface area contributed by atoms with Gasteiger partial charge in [0.15, 0.2) is 5.11 Å². The fourth-order valence-corrected chi connectivity index (χ4v) is 2.57. The molecular formula is C19H23N3OS. The number of hydrogen-bond acceptors (Lipinski definition) is 2. The van der Waals surface area contributed by atoms with Gasteiger partial charge in [-0.15, -0.1) is 0 Å². The summed E-state index contributed by atoms with van der Waals surface area (Å²) < 4.78 is 0. The molecule has 2 rings (SSSR count). The van der Waals surface area contributed by atoms with E-state index in [2.05, 4.69) is 10.6 Å². The summed E-state index contributed by atoms with van der Waals surface area (Å²) in [7, 11) is 0. The van der Waals surface area contributed by atoms with E-state index in [9.17, 15) is 4.79 Å². The molecule has 0 saturated carbocycles. The Bertz CT molecular complexity index is 684. The zero-order valence-electron chi connectivity index (χ0n) is 14.1. The van der Waals surface area contributed by atoms with Crippen LogP contribution in [0.15, 0.2) is 54.6 Å². The molecular weight excluding hydrogens is 318 g/mol. The van der Waals surface area contributed by atoms with Gasteiger partial charge in [-0.25, -0.2) is 0 Å². The maximum absolute atomic E-state index is 12.4. The average Bonchev–Trinajstić information content (AvgIpc) is 2.62. The lowest BCUT2D eigenvalue weighted by Gasteiger charge is -2.19. The zero-order chi connectivity index (χ0) is 17.4. The van der Waals surface area contributed by atoms with Crippen molar-refractivity contribution in [2.75, 3.05) is 18.4 Å². The van der Waals surface area contributed by atoms with Crippen LogP contribution in [-0.2, 0) is 6.54 Å². The molecule has 24 heavy (non-hydrogen) atoms. The summed E-state index contributed by atoms with van der Waals surface area (Å²) in [5.74, 6) is 0.0341. The quantitative estimate of drug-likeness (QED) is 0.787. The largest absolute Gasteiger partial charge is 0.358 e. The molecule has 2 N–H and O–H groups in total. The Kier molecular flexibility index (Phi) is 6.75. The predicted octanol–water partition coefficient (Wildman–Crippen LogP) is 3.66. The Morgan fingerprint density at radius 3 is 2.42 bits per heavy atom. The zero-order valence-corrected chi connectivity index (χ0v) is 14.9. The van der Waals surface area contributed by atoms with Crippen LogP contribution in [0, 0.1) is 0 Å². The molecule has 0 aromatic heterocycles. The van der Waals surface area contributed by atoms with E-state index < -0.39 is 0 Å². The average molecular weight is 341 g/mol. The van der Waals surface area contributed by atoms with Crippen LogP contribution in [0.1, 0.15) is 29.8 Å². The van der Waals surface area contributed by atoms with Crippen molar-refractivity contribution in [2.24, 2.45) is 0 Å². The van der Waals surface area contributed by atoms with Crippen LogP contribution in [-0.4, -0.2) is 29.0 Å². The number of nitrogens with zero attached hydrogens (tertiary/aromatic N) is 1. The monoisotopic (exact) mass is 341 g/mol. The van der Waals surface area contributed by atoms with E-state index in [0.29, 0.717) is 30.3 Å². The van der Waals surface area contributed by atoms with Crippen molar-refractivity contribution in [3.63, 3.8) is 0 Å². The van der Waals surface area contributed by atoms with Crippen molar-refractivity contribution in [1.29, 1.82) is 0 Å². The summed E-state index contributed by atoms with van der Waals surface area (Å²) in [5.41, 5.74) is 2.63. The number of rotatable bonds is 6. The van der Waals surface area contributed by atoms with Gasteiger partial charge in [0.2, 0.25) is 0 Å². The smallest absolute Gasteiger partial charge is 0.253 e. The summed E-state index contributed by atoms with van der Waals surface area (Å²) >= 11 is 5.32. The Hall–Kier alpha value is -2.40. The minimum Gasteiger partial charge on any atom is -0.358 e. The van der Waals surface area contributed by atoms with Gasteiger partial charge in [-0.2, -0.15) is 0 Å². The molecule has 126 valence electrons. The molecule has 0 spiro atoms. The molecule has 0 bridgehead atoms. The van der Waals surface area contributed by atoms with Gasteiger partial charge in [-0.3, -0.25) is 4.79 Å². The molecule has 0 heterocycles. The van der Waals surface area contributed by atoms with Crippen molar-refractivity contribution in [2.45, 2.75) is 20.4 Å². The lowest BCUT2D eigenvalue weighted by atomic mass is 10.1. The number of carbonyl (C=O) groups is 1. The number of anilines is 1. The SMILES string of the molecule is CCN(CC)C(=O)c1cccc(NC(=S)NCc2ccccc2)c1. The van der Waals surface area contributed by atoms with Gasteiger partial charge in [-0.05, 0) is 49.8 Å². The van der Waals surface area contributed by atoms with Crippen LogP contribution in [0.5, 0.6) is 0 Å². The van der Waals surface area contributed by atoms with Crippen LogP contribution in [0.4, 0.5) is 5.69 Å². The Balaban J connectivity index is 1.96. The summed E-state index contributed by atoms with van der Waals surface area (Å²) in [5, 5.41) is 6.83. The molecule has 2 aromatic rings. The summed E-state index contributed by atoms with van der Waals surface area (Å²) in [4.78, 5) is 14.2. The number of hydrogen-bond donors (Lipinski definition) is 2. The van der Waals surface area contributed by atoms with E-state index >= 15 is 0 Å². The van der Waals surface area contributed by atoms with Gasteiger partial charge in [0.25, 0.3) is 5.91 Å². The Morgan fingerprint density at radius 2 is 1.75 bits per heavy atom. The molecule has 4 nitrogen and oxygen atoms in total. The van der Waals surface area contributed by atoms with Gasteiger partial charge >= 0.3 is 0 Å².